The number of nitrogens with zero attached hydrogens (tertiary/aromatic N) is 2. The van der Waals surface area contributed by atoms with Gasteiger partial charge in [0.15, 0.2) is 5.13 Å². The van der Waals surface area contributed by atoms with Crippen molar-refractivity contribution < 1.29 is 13.6 Å². The maximum atomic E-state index is 13.6. The summed E-state index contributed by atoms with van der Waals surface area (Å²) in [5, 5.41) is 7.79. The molecule has 0 radical (unpaired) electrons. The van der Waals surface area contributed by atoms with Crippen LogP contribution >= 0.6 is 11.3 Å². The molecular weight excluding hydrogens is 346 g/mol. The molecule has 0 unspecified atom stereocenters. The zero-order valence-corrected chi connectivity index (χ0v) is 14.0. The summed E-state index contributed by atoms with van der Waals surface area (Å²) in [4.78, 5) is 20.5. The first kappa shape index (κ1) is 17.0. The lowest BCUT2D eigenvalue weighted by atomic mass is 10.1. The predicted molar refractivity (Wildman–Crippen MR) is 93.6 cm³/mol. The molecule has 0 aliphatic rings. The Kier molecular flexibility index (Phi) is 4.99. The fraction of sp³-hybridized carbons (Fsp3) is 0.118. The molecule has 1 aromatic carbocycles. The van der Waals surface area contributed by atoms with E-state index in [0.29, 0.717) is 16.6 Å². The van der Waals surface area contributed by atoms with Crippen molar-refractivity contribution >= 4 is 28.2 Å². The minimum absolute atomic E-state index is 0.128. The second-order valence-electron chi connectivity index (χ2n) is 5.18. The van der Waals surface area contributed by atoms with Gasteiger partial charge in [-0.3, -0.25) is 4.79 Å². The summed E-state index contributed by atoms with van der Waals surface area (Å²) in [6.07, 6.45) is 1.47. The number of carbonyl (C=O) groups is 1. The number of hydrogen-bond donors (Lipinski definition) is 2. The van der Waals surface area contributed by atoms with E-state index in [0.717, 1.165) is 17.7 Å². The quantitative estimate of drug-likeness (QED) is 0.728. The highest BCUT2D eigenvalue weighted by molar-refractivity contribution is 7.14. The fourth-order valence-corrected chi connectivity index (χ4v) is 2.93. The second-order valence-corrected chi connectivity index (χ2v) is 6.04. The first-order valence-corrected chi connectivity index (χ1v) is 8.26. The van der Waals surface area contributed by atoms with E-state index in [1.807, 2.05) is 17.5 Å². The van der Waals surface area contributed by atoms with E-state index in [1.54, 1.807) is 13.2 Å². The highest BCUT2D eigenvalue weighted by Crippen LogP contribution is 2.26. The van der Waals surface area contributed by atoms with Gasteiger partial charge in [0.1, 0.15) is 17.5 Å². The largest absolute Gasteiger partial charge is 0.373 e. The van der Waals surface area contributed by atoms with E-state index < -0.39 is 17.5 Å². The summed E-state index contributed by atoms with van der Waals surface area (Å²) in [5.41, 5.74) is 1.69. The molecule has 0 aliphatic heterocycles. The van der Waals surface area contributed by atoms with Crippen molar-refractivity contribution in [2.45, 2.75) is 6.42 Å². The highest BCUT2D eigenvalue weighted by atomic mass is 32.1. The van der Waals surface area contributed by atoms with Crippen molar-refractivity contribution in [3.63, 3.8) is 0 Å². The van der Waals surface area contributed by atoms with Gasteiger partial charge in [-0.2, -0.15) is 0 Å². The molecule has 0 saturated heterocycles. The van der Waals surface area contributed by atoms with Crippen LogP contribution in [0.2, 0.25) is 0 Å². The number of carbonyl (C=O) groups excluding carboxylic acids is 1. The number of hydrogen-bond acceptors (Lipinski definition) is 5. The van der Waals surface area contributed by atoms with Gasteiger partial charge in [0.2, 0.25) is 5.91 Å². The first-order valence-electron chi connectivity index (χ1n) is 7.38. The standard InChI is InChI=1S/C17H14F2N4OS/c1-20-15-6-11(4-5-21-15)14-9-25-17(22-14)23-16(24)7-10-2-3-12(18)8-13(10)19/h2-6,8-9H,7H2,1H3,(H,20,21)(H,22,23,24). The maximum Gasteiger partial charge on any atom is 0.230 e. The molecular formula is C17H14F2N4OS. The summed E-state index contributed by atoms with van der Waals surface area (Å²) >= 11 is 1.27. The molecule has 2 N–H and O–H groups in total. The highest BCUT2D eigenvalue weighted by Gasteiger charge is 2.12. The van der Waals surface area contributed by atoms with Crippen molar-refractivity contribution in [2.75, 3.05) is 17.7 Å². The van der Waals surface area contributed by atoms with Gasteiger partial charge in [-0.05, 0) is 23.8 Å². The molecule has 1 amide bonds. The number of thiazole rings is 1. The van der Waals surface area contributed by atoms with Crippen molar-refractivity contribution in [2.24, 2.45) is 0 Å². The average molecular weight is 360 g/mol. The number of amides is 1. The molecule has 0 bridgehead atoms. The van der Waals surface area contributed by atoms with Gasteiger partial charge in [0.05, 0.1) is 12.1 Å². The number of anilines is 2. The lowest BCUT2D eigenvalue weighted by Crippen LogP contribution is -2.15. The van der Waals surface area contributed by atoms with Crippen LogP contribution < -0.4 is 10.6 Å². The lowest BCUT2D eigenvalue weighted by Gasteiger charge is -2.04. The Balaban J connectivity index is 1.69. The van der Waals surface area contributed by atoms with Crippen LogP contribution in [0, 0.1) is 11.6 Å². The molecule has 2 aromatic heterocycles. The van der Waals surface area contributed by atoms with Crippen LogP contribution in [0.1, 0.15) is 5.56 Å². The van der Waals surface area contributed by atoms with Crippen LogP contribution in [0.15, 0.2) is 41.9 Å². The van der Waals surface area contributed by atoms with Crippen LogP contribution in [0.25, 0.3) is 11.3 Å². The number of rotatable bonds is 5. The normalized spacial score (nSPS) is 10.5. The number of aromatic nitrogens is 2. The van der Waals surface area contributed by atoms with Gasteiger partial charge in [-0.15, -0.1) is 11.3 Å². The lowest BCUT2D eigenvalue weighted by molar-refractivity contribution is -0.115. The Morgan fingerprint density at radius 3 is 2.84 bits per heavy atom. The zero-order chi connectivity index (χ0) is 17.8. The molecule has 25 heavy (non-hydrogen) atoms. The summed E-state index contributed by atoms with van der Waals surface area (Å²) in [6, 6.07) is 6.79. The van der Waals surface area contributed by atoms with E-state index in [1.165, 1.54) is 17.4 Å². The van der Waals surface area contributed by atoms with Crippen molar-refractivity contribution in [3.8, 4) is 11.3 Å². The third kappa shape index (κ3) is 4.16. The van der Waals surface area contributed by atoms with Gasteiger partial charge in [-0.1, -0.05) is 6.07 Å². The minimum atomic E-state index is -0.744. The van der Waals surface area contributed by atoms with Crippen molar-refractivity contribution in [1.82, 2.24) is 9.97 Å². The molecule has 0 spiro atoms. The Hall–Kier alpha value is -2.87. The topological polar surface area (TPSA) is 66.9 Å². The van der Waals surface area contributed by atoms with Crippen LogP contribution in [0.4, 0.5) is 19.7 Å². The first-order chi connectivity index (χ1) is 12.0. The molecule has 3 aromatic rings. The third-order valence-electron chi connectivity index (χ3n) is 3.43. The Bertz CT molecular complexity index is 913. The number of halogens is 2. The van der Waals surface area contributed by atoms with Gasteiger partial charge >= 0.3 is 0 Å². The monoisotopic (exact) mass is 360 g/mol. The van der Waals surface area contributed by atoms with Crippen molar-refractivity contribution in [1.29, 1.82) is 0 Å². The third-order valence-corrected chi connectivity index (χ3v) is 4.19. The summed E-state index contributed by atoms with van der Waals surface area (Å²) < 4.78 is 26.5. The number of benzene rings is 1. The Labute approximate surface area is 146 Å². The average Bonchev–Trinajstić information content (AvgIpc) is 3.06. The van der Waals surface area contributed by atoms with Crippen LogP contribution in [-0.4, -0.2) is 22.9 Å². The molecule has 0 atom stereocenters. The van der Waals surface area contributed by atoms with Gasteiger partial charge in [0.25, 0.3) is 0 Å². The molecule has 0 saturated carbocycles. The van der Waals surface area contributed by atoms with Gasteiger partial charge in [0, 0.05) is 30.3 Å². The smallest absolute Gasteiger partial charge is 0.230 e. The van der Waals surface area contributed by atoms with E-state index in [-0.39, 0.29) is 12.0 Å². The maximum absolute atomic E-state index is 13.6. The Morgan fingerprint density at radius 1 is 1.24 bits per heavy atom. The number of nitrogens with one attached hydrogen (secondary N) is 2. The second kappa shape index (κ2) is 7.35. The zero-order valence-electron chi connectivity index (χ0n) is 13.2. The fourth-order valence-electron chi connectivity index (χ4n) is 2.19. The Morgan fingerprint density at radius 2 is 2.08 bits per heavy atom. The molecule has 128 valence electrons. The van der Waals surface area contributed by atoms with Crippen LogP contribution in [0.3, 0.4) is 0 Å². The molecule has 0 aliphatic carbocycles. The SMILES string of the molecule is CNc1cc(-c2csc(NC(=O)Cc3ccc(F)cc3F)n2)ccn1. The molecule has 3 rings (SSSR count). The minimum Gasteiger partial charge on any atom is -0.373 e. The predicted octanol–water partition coefficient (Wildman–Crippen LogP) is 3.71. The summed E-state index contributed by atoms with van der Waals surface area (Å²) in [6.45, 7) is 0. The van der Waals surface area contributed by atoms with Crippen LogP contribution in [0.5, 0.6) is 0 Å². The molecule has 8 heteroatoms. The van der Waals surface area contributed by atoms with E-state index in [2.05, 4.69) is 20.6 Å². The van der Waals surface area contributed by atoms with Crippen LogP contribution in [-0.2, 0) is 11.2 Å². The van der Waals surface area contributed by atoms with E-state index in [4.69, 9.17) is 0 Å². The summed E-state index contributed by atoms with van der Waals surface area (Å²) in [5.74, 6) is -1.13. The molecule has 0 fully saturated rings. The molecule has 2 heterocycles. The van der Waals surface area contributed by atoms with E-state index >= 15 is 0 Å². The van der Waals surface area contributed by atoms with Crippen molar-refractivity contribution in [3.05, 3.63) is 59.1 Å². The number of pyridine rings is 1. The van der Waals surface area contributed by atoms with E-state index in [9.17, 15) is 13.6 Å². The van der Waals surface area contributed by atoms with Gasteiger partial charge in [-0.25, -0.2) is 18.7 Å². The molecule has 5 nitrogen and oxygen atoms in total. The van der Waals surface area contributed by atoms with Gasteiger partial charge < -0.3 is 10.6 Å². The summed E-state index contributed by atoms with van der Waals surface area (Å²) in [7, 11) is 1.77.